The molecule has 0 radical (unpaired) electrons. The van der Waals surface area contributed by atoms with E-state index < -0.39 is 0 Å². The molecule has 0 atom stereocenters. The standard InChI is InChI=1S/C17H24N2O/c1-13-3-5-14(6-4-13)9-10-19-17-11-16(20-2)8-7-15(17)12-18/h7-8,11,13-14,19H,3-6,9-10H2,1-2H3. The number of methoxy groups -OCH3 is 1. The summed E-state index contributed by atoms with van der Waals surface area (Å²) in [6, 6.07) is 7.76. The van der Waals surface area contributed by atoms with Crippen molar-refractivity contribution in [3.63, 3.8) is 0 Å². The van der Waals surface area contributed by atoms with Gasteiger partial charge >= 0.3 is 0 Å². The smallest absolute Gasteiger partial charge is 0.121 e. The van der Waals surface area contributed by atoms with E-state index in [4.69, 9.17) is 10.00 Å². The lowest BCUT2D eigenvalue weighted by molar-refractivity contribution is 0.282. The topological polar surface area (TPSA) is 45.0 Å². The Hall–Kier alpha value is -1.69. The molecule has 20 heavy (non-hydrogen) atoms. The second-order valence-electron chi connectivity index (χ2n) is 5.86. The van der Waals surface area contributed by atoms with Gasteiger partial charge in [-0.15, -0.1) is 0 Å². The molecular formula is C17H24N2O. The Morgan fingerprint density at radius 3 is 2.70 bits per heavy atom. The number of hydrogen-bond acceptors (Lipinski definition) is 3. The van der Waals surface area contributed by atoms with Crippen LogP contribution < -0.4 is 10.1 Å². The summed E-state index contributed by atoms with van der Waals surface area (Å²) in [5.74, 6) is 2.54. The number of hydrogen-bond donors (Lipinski definition) is 1. The van der Waals surface area contributed by atoms with Crippen LogP contribution in [0, 0.1) is 23.2 Å². The highest BCUT2D eigenvalue weighted by Gasteiger charge is 2.17. The molecule has 1 aromatic rings. The highest BCUT2D eigenvalue weighted by atomic mass is 16.5. The number of benzene rings is 1. The minimum atomic E-state index is 0.683. The molecule has 1 saturated carbocycles. The van der Waals surface area contributed by atoms with Crippen LogP contribution in [0.4, 0.5) is 5.69 Å². The summed E-state index contributed by atoms with van der Waals surface area (Å²) >= 11 is 0. The molecule has 0 unspecified atom stereocenters. The molecule has 0 amide bonds. The van der Waals surface area contributed by atoms with Gasteiger partial charge in [-0.3, -0.25) is 0 Å². The number of rotatable bonds is 5. The van der Waals surface area contributed by atoms with Crippen LogP contribution in [-0.4, -0.2) is 13.7 Å². The molecule has 1 fully saturated rings. The zero-order valence-corrected chi connectivity index (χ0v) is 12.5. The highest BCUT2D eigenvalue weighted by Crippen LogP contribution is 2.30. The second kappa shape index (κ2) is 7.19. The fourth-order valence-electron chi connectivity index (χ4n) is 2.92. The Kier molecular flexibility index (Phi) is 5.29. The van der Waals surface area contributed by atoms with E-state index in [1.54, 1.807) is 7.11 Å². The Balaban J connectivity index is 1.86. The lowest BCUT2D eigenvalue weighted by atomic mass is 9.81. The highest BCUT2D eigenvalue weighted by molar-refractivity contribution is 5.60. The van der Waals surface area contributed by atoms with Crippen LogP contribution in [0.5, 0.6) is 5.75 Å². The molecule has 1 aliphatic rings. The third-order valence-corrected chi connectivity index (χ3v) is 4.35. The van der Waals surface area contributed by atoms with Crippen molar-refractivity contribution in [2.24, 2.45) is 11.8 Å². The van der Waals surface area contributed by atoms with Crippen LogP contribution >= 0.6 is 0 Å². The predicted octanol–water partition coefficient (Wildman–Crippen LogP) is 4.20. The summed E-state index contributed by atoms with van der Waals surface area (Å²) in [5, 5.41) is 12.5. The molecule has 0 aliphatic heterocycles. The van der Waals surface area contributed by atoms with Crippen molar-refractivity contribution in [3.05, 3.63) is 23.8 Å². The summed E-state index contributed by atoms with van der Waals surface area (Å²) in [5.41, 5.74) is 1.57. The van der Waals surface area contributed by atoms with Crippen LogP contribution in [0.25, 0.3) is 0 Å². The van der Waals surface area contributed by atoms with Gasteiger partial charge in [-0.1, -0.05) is 32.6 Å². The molecule has 3 nitrogen and oxygen atoms in total. The predicted molar refractivity (Wildman–Crippen MR) is 81.9 cm³/mol. The van der Waals surface area contributed by atoms with Crippen molar-refractivity contribution >= 4 is 5.69 Å². The van der Waals surface area contributed by atoms with Gasteiger partial charge in [0.1, 0.15) is 11.8 Å². The first-order valence-electron chi connectivity index (χ1n) is 7.55. The number of anilines is 1. The second-order valence-corrected chi connectivity index (χ2v) is 5.86. The average Bonchev–Trinajstić information content (AvgIpc) is 2.49. The number of nitriles is 1. The molecule has 0 saturated heterocycles. The van der Waals surface area contributed by atoms with Gasteiger partial charge in [0, 0.05) is 12.6 Å². The molecule has 0 heterocycles. The van der Waals surface area contributed by atoms with Gasteiger partial charge in [0.15, 0.2) is 0 Å². The van der Waals surface area contributed by atoms with E-state index in [9.17, 15) is 0 Å². The molecular weight excluding hydrogens is 248 g/mol. The fraction of sp³-hybridized carbons (Fsp3) is 0.588. The summed E-state index contributed by atoms with van der Waals surface area (Å²) in [6.45, 7) is 3.28. The van der Waals surface area contributed by atoms with E-state index in [1.807, 2.05) is 18.2 Å². The zero-order valence-electron chi connectivity index (χ0n) is 12.5. The van der Waals surface area contributed by atoms with Crippen LogP contribution in [-0.2, 0) is 0 Å². The van der Waals surface area contributed by atoms with E-state index in [0.29, 0.717) is 5.56 Å². The number of nitrogens with one attached hydrogen (secondary N) is 1. The van der Waals surface area contributed by atoms with E-state index in [0.717, 1.165) is 29.8 Å². The maximum Gasteiger partial charge on any atom is 0.121 e. The van der Waals surface area contributed by atoms with E-state index in [1.165, 1.54) is 32.1 Å². The van der Waals surface area contributed by atoms with Crippen molar-refractivity contribution in [2.45, 2.75) is 39.0 Å². The monoisotopic (exact) mass is 272 g/mol. The Morgan fingerprint density at radius 1 is 1.30 bits per heavy atom. The van der Waals surface area contributed by atoms with Crippen molar-refractivity contribution in [1.29, 1.82) is 5.26 Å². The SMILES string of the molecule is COc1ccc(C#N)c(NCCC2CCC(C)CC2)c1. The van der Waals surface area contributed by atoms with E-state index in [2.05, 4.69) is 18.3 Å². The van der Waals surface area contributed by atoms with Gasteiger partial charge in [0.2, 0.25) is 0 Å². The first kappa shape index (κ1) is 14.7. The summed E-state index contributed by atoms with van der Waals surface area (Å²) in [6.07, 6.45) is 6.63. The maximum atomic E-state index is 9.13. The summed E-state index contributed by atoms with van der Waals surface area (Å²) in [4.78, 5) is 0. The molecule has 3 heteroatoms. The van der Waals surface area contributed by atoms with E-state index >= 15 is 0 Å². The average molecular weight is 272 g/mol. The normalized spacial score (nSPS) is 22.1. The fourth-order valence-corrected chi connectivity index (χ4v) is 2.92. The molecule has 1 N–H and O–H groups in total. The summed E-state index contributed by atoms with van der Waals surface area (Å²) < 4.78 is 5.21. The first-order valence-corrected chi connectivity index (χ1v) is 7.55. The number of nitrogens with zero attached hydrogens (tertiary/aromatic N) is 1. The molecule has 108 valence electrons. The van der Waals surface area contributed by atoms with Gasteiger partial charge in [-0.05, 0) is 30.4 Å². The molecule has 1 aromatic carbocycles. The van der Waals surface area contributed by atoms with Crippen molar-refractivity contribution in [1.82, 2.24) is 0 Å². The Labute approximate surface area is 121 Å². The molecule has 0 bridgehead atoms. The van der Waals surface area contributed by atoms with Crippen molar-refractivity contribution < 1.29 is 4.74 Å². The zero-order chi connectivity index (χ0) is 14.4. The molecule has 2 rings (SSSR count). The van der Waals surface area contributed by atoms with Crippen LogP contribution in [0.3, 0.4) is 0 Å². The quantitative estimate of drug-likeness (QED) is 0.874. The minimum absolute atomic E-state index is 0.683. The van der Waals surface area contributed by atoms with Gasteiger partial charge in [-0.25, -0.2) is 0 Å². The van der Waals surface area contributed by atoms with Gasteiger partial charge in [0.25, 0.3) is 0 Å². The Morgan fingerprint density at radius 2 is 2.05 bits per heavy atom. The van der Waals surface area contributed by atoms with Gasteiger partial charge < -0.3 is 10.1 Å². The minimum Gasteiger partial charge on any atom is -0.497 e. The summed E-state index contributed by atoms with van der Waals surface area (Å²) in [7, 11) is 1.65. The van der Waals surface area contributed by atoms with Gasteiger partial charge in [-0.2, -0.15) is 5.26 Å². The molecule has 0 aromatic heterocycles. The van der Waals surface area contributed by atoms with Gasteiger partial charge in [0.05, 0.1) is 18.4 Å². The van der Waals surface area contributed by atoms with Crippen LogP contribution in [0.15, 0.2) is 18.2 Å². The third-order valence-electron chi connectivity index (χ3n) is 4.35. The number of ether oxygens (including phenoxy) is 1. The lowest BCUT2D eigenvalue weighted by Crippen LogP contribution is -2.16. The van der Waals surface area contributed by atoms with Crippen LogP contribution in [0.1, 0.15) is 44.6 Å². The largest absolute Gasteiger partial charge is 0.497 e. The van der Waals surface area contributed by atoms with Crippen LogP contribution in [0.2, 0.25) is 0 Å². The maximum absolute atomic E-state index is 9.13. The molecule has 0 spiro atoms. The van der Waals surface area contributed by atoms with Crippen molar-refractivity contribution in [2.75, 3.05) is 19.0 Å². The van der Waals surface area contributed by atoms with E-state index in [-0.39, 0.29) is 0 Å². The Bertz CT molecular complexity index is 470. The third kappa shape index (κ3) is 3.90. The van der Waals surface area contributed by atoms with Crippen molar-refractivity contribution in [3.8, 4) is 11.8 Å². The first-order chi connectivity index (χ1) is 9.72. The lowest BCUT2D eigenvalue weighted by Gasteiger charge is -2.26. The molecule has 1 aliphatic carbocycles.